The van der Waals surface area contributed by atoms with Gasteiger partial charge in [0, 0.05) is 11.8 Å². The monoisotopic (exact) mass is 371 g/mol. The molecule has 0 unspecified atom stereocenters. The van der Waals surface area contributed by atoms with Gasteiger partial charge in [0.05, 0.1) is 27.4 Å². The molecule has 2 rings (SSSR count). The van der Waals surface area contributed by atoms with Gasteiger partial charge in [-0.15, -0.1) is 0 Å². The average Bonchev–Trinajstić information content (AvgIpc) is 2.66. The topological polar surface area (TPSA) is 66.0 Å². The summed E-state index contributed by atoms with van der Waals surface area (Å²) in [6, 6.07) is 10.8. The quantitative estimate of drug-likeness (QED) is 0.706. The molecule has 0 radical (unpaired) electrons. The molecule has 2 aromatic rings. The zero-order chi connectivity index (χ0) is 19.8. The molecule has 144 valence electrons. The van der Waals surface area contributed by atoms with Crippen molar-refractivity contribution in [3.8, 4) is 23.0 Å². The molecule has 2 aromatic carbocycles. The first kappa shape index (κ1) is 20.2. The molecule has 6 nitrogen and oxygen atoms in total. The SMILES string of the molecule is COc1cc(C=CC(=O)Nc2ccc(OC(C)C)cc2)cc(OC)c1OC. The number of methoxy groups -OCH3 is 3. The van der Waals surface area contributed by atoms with E-state index in [1.54, 1.807) is 51.7 Å². The molecule has 0 bridgehead atoms. The molecule has 0 saturated heterocycles. The number of nitrogens with one attached hydrogen (secondary N) is 1. The number of carbonyl (C=O) groups excluding carboxylic acids is 1. The molecule has 0 spiro atoms. The number of carbonyl (C=O) groups is 1. The number of hydrogen-bond acceptors (Lipinski definition) is 5. The minimum absolute atomic E-state index is 0.104. The Balaban J connectivity index is 2.08. The predicted molar refractivity (Wildman–Crippen MR) is 106 cm³/mol. The van der Waals surface area contributed by atoms with E-state index < -0.39 is 0 Å². The maximum absolute atomic E-state index is 12.2. The molecule has 0 fully saturated rings. The lowest BCUT2D eigenvalue weighted by Crippen LogP contribution is -2.08. The fourth-order valence-corrected chi connectivity index (χ4v) is 2.44. The second kappa shape index (κ2) is 9.52. The lowest BCUT2D eigenvalue weighted by Gasteiger charge is -2.12. The second-order valence-corrected chi connectivity index (χ2v) is 5.97. The normalized spacial score (nSPS) is 10.7. The fourth-order valence-electron chi connectivity index (χ4n) is 2.44. The summed E-state index contributed by atoms with van der Waals surface area (Å²) in [6.07, 6.45) is 3.22. The Morgan fingerprint density at radius 2 is 1.56 bits per heavy atom. The molecule has 0 saturated carbocycles. The van der Waals surface area contributed by atoms with Crippen LogP contribution in [-0.2, 0) is 4.79 Å². The standard InChI is InChI=1S/C21H25NO5/c1-14(2)27-17-9-7-16(8-10-17)22-20(23)11-6-15-12-18(24-3)21(26-5)19(13-15)25-4/h6-14H,1-5H3,(H,22,23). The number of rotatable bonds is 8. The van der Waals surface area contributed by atoms with Gasteiger partial charge in [-0.3, -0.25) is 4.79 Å². The molecule has 1 N–H and O–H groups in total. The van der Waals surface area contributed by atoms with Crippen molar-refractivity contribution >= 4 is 17.7 Å². The molecule has 0 atom stereocenters. The highest BCUT2D eigenvalue weighted by atomic mass is 16.5. The third kappa shape index (κ3) is 5.67. The van der Waals surface area contributed by atoms with Gasteiger partial charge in [-0.2, -0.15) is 0 Å². The molecule has 0 heterocycles. The second-order valence-electron chi connectivity index (χ2n) is 5.97. The van der Waals surface area contributed by atoms with Crippen LogP contribution in [0.2, 0.25) is 0 Å². The van der Waals surface area contributed by atoms with Crippen LogP contribution < -0.4 is 24.3 Å². The summed E-state index contributed by atoms with van der Waals surface area (Å²) in [5.74, 6) is 2.07. The first-order valence-corrected chi connectivity index (χ1v) is 8.52. The van der Waals surface area contributed by atoms with E-state index in [1.165, 1.54) is 6.08 Å². The maximum atomic E-state index is 12.2. The zero-order valence-electron chi connectivity index (χ0n) is 16.2. The van der Waals surface area contributed by atoms with E-state index in [-0.39, 0.29) is 12.0 Å². The van der Waals surface area contributed by atoms with Gasteiger partial charge < -0.3 is 24.3 Å². The summed E-state index contributed by atoms with van der Waals surface area (Å²) < 4.78 is 21.5. The first-order valence-electron chi connectivity index (χ1n) is 8.52. The third-order valence-electron chi connectivity index (χ3n) is 3.61. The van der Waals surface area contributed by atoms with Crippen LogP contribution in [0.4, 0.5) is 5.69 Å². The summed E-state index contributed by atoms with van der Waals surface area (Å²) in [5.41, 5.74) is 1.44. The average molecular weight is 371 g/mol. The summed E-state index contributed by atoms with van der Waals surface area (Å²) in [4.78, 5) is 12.2. The Hall–Kier alpha value is -3.15. The highest BCUT2D eigenvalue weighted by Gasteiger charge is 2.12. The summed E-state index contributed by atoms with van der Waals surface area (Å²) >= 11 is 0. The van der Waals surface area contributed by atoms with Crippen molar-refractivity contribution in [2.75, 3.05) is 26.6 Å². The van der Waals surface area contributed by atoms with Crippen LogP contribution in [-0.4, -0.2) is 33.3 Å². The van der Waals surface area contributed by atoms with Crippen molar-refractivity contribution in [3.63, 3.8) is 0 Å². The third-order valence-corrected chi connectivity index (χ3v) is 3.61. The van der Waals surface area contributed by atoms with Gasteiger partial charge in [0.1, 0.15) is 5.75 Å². The lowest BCUT2D eigenvalue weighted by molar-refractivity contribution is -0.111. The van der Waals surface area contributed by atoms with Crippen LogP contribution in [0.25, 0.3) is 6.08 Å². The summed E-state index contributed by atoms with van der Waals surface area (Å²) in [6.45, 7) is 3.92. The van der Waals surface area contributed by atoms with Crippen molar-refractivity contribution in [3.05, 3.63) is 48.0 Å². The Morgan fingerprint density at radius 1 is 0.963 bits per heavy atom. The van der Waals surface area contributed by atoms with Crippen molar-refractivity contribution < 1.29 is 23.7 Å². The van der Waals surface area contributed by atoms with Gasteiger partial charge >= 0.3 is 0 Å². The number of anilines is 1. The highest BCUT2D eigenvalue weighted by molar-refractivity contribution is 6.02. The van der Waals surface area contributed by atoms with E-state index in [4.69, 9.17) is 18.9 Å². The Morgan fingerprint density at radius 3 is 2.04 bits per heavy atom. The van der Waals surface area contributed by atoms with Crippen LogP contribution in [0.1, 0.15) is 19.4 Å². The van der Waals surface area contributed by atoms with Gasteiger partial charge in [0.15, 0.2) is 11.5 Å². The van der Waals surface area contributed by atoms with Crippen molar-refractivity contribution in [1.82, 2.24) is 0 Å². The molecule has 0 aliphatic rings. The van der Waals surface area contributed by atoms with Gasteiger partial charge in [-0.1, -0.05) is 0 Å². The Bertz CT molecular complexity index is 772. The predicted octanol–water partition coefficient (Wildman–Crippen LogP) is 4.15. The molecular formula is C21H25NO5. The minimum Gasteiger partial charge on any atom is -0.493 e. The maximum Gasteiger partial charge on any atom is 0.248 e. The van der Waals surface area contributed by atoms with Gasteiger partial charge in [-0.25, -0.2) is 0 Å². The molecule has 0 aromatic heterocycles. The molecule has 1 amide bonds. The van der Waals surface area contributed by atoms with Crippen molar-refractivity contribution in [1.29, 1.82) is 0 Å². The number of ether oxygens (including phenoxy) is 4. The van der Waals surface area contributed by atoms with Gasteiger partial charge in [-0.05, 0) is 61.9 Å². The number of hydrogen-bond donors (Lipinski definition) is 1. The van der Waals surface area contributed by atoms with Crippen LogP contribution in [0.15, 0.2) is 42.5 Å². The lowest BCUT2D eigenvalue weighted by atomic mass is 10.1. The van der Waals surface area contributed by atoms with E-state index >= 15 is 0 Å². The zero-order valence-corrected chi connectivity index (χ0v) is 16.2. The van der Waals surface area contributed by atoms with E-state index in [9.17, 15) is 4.79 Å². The van der Waals surface area contributed by atoms with Gasteiger partial charge in [0.25, 0.3) is 0 Å². The smallest absolute Gasteiger partial charge is 0.248 e. The van der Waals surface area contributed by atoms with E-state index in [0.717, 1.165) is 11.3 Å². The Labute approximate surface area is 159 Å². The summed E-state index contributed by atoms with van der Waals surface area (Å²) in [5, 5.41) is 2.80. The van der Waals surface area contributed by atoms with Crippen LogP contribution in [0.3, 0.4) is 0 Å². The number of amides is 1. The molecule has 0 aliphatic carbocycles. The molecule has 0 aliphatic heterocycles. The molecular weight excluding hydrogens is 346 g/mol. The van der Waals surface area contributed by atoms with E-state index in [1.807, 2.05) is 26.0 Å². The van der Waals surface area contributed by atoms with Crippen LogP contribution in [0, 0.1) is 0 Å². The van der Waals surface area contributed by atoms with Crippen molar-refractivity contribution in [2.45, 2.75) is 20.0 Å². The van der Waals surface area contributed by atoms with Crippen molar-refractivity contribution in [2.24, 2.45) is 0 Å². The van der Waals surface area contributed by atoms with E-state index in [0.29, 0.717) is 22.9 Å². The number of benzene rings is 2. The summed E-state index contributed by atoms with van der Waals surface area (Å²) in [7, 11) is 4.63. The van der Waals surface area contributed by atoms with Crippen LogP contribution >= 0.6 is 0 Å². The fraction of sp³-hybridized carbons (Fsp3) is 0.286. The minimum atomic E-state index is -0.249. The molecule has 27 heavy (non-hydrogen) atoms. The van der Waals surface area contributed by atoms with Gasteiger partial charge in [0.2, 0.25) is 11.7 Å². The largest absolute Gasteiger partial charge is 0.493 e. The first-order chi connectivity index (χ1) is 13.0. The Kier molecular flexibility index (Phi) is 7.11. The molecule has 6 heteroatoms. The highest BCUT2D eigenvalue weighted by Crippen LogP contribution is 2.38. The van der Waals surface area contributed by atoms with Crippen LogP contribution in [0.5, 0.6) is 23.0 Å². The van der Waals surface area contributed by atoms with E-state index in [2.05, 4.69) is 5.32 Å².